The van der Waals surface area contributed by atoms with E-state index >= 15 is 0 Å². The first kappa shape index (κ1) is 10.1. The lowest BCUT2D eigenvalue weighted by molar-refractivity contribution is -0.0579. The number of nitrogens with zero attached hydrogens (tertiary/aromatic N) is 3. The molecule has 0 spiro atoms. The largest absolute Gasteiger partial charge is 0.396 e. The van der Waals surface area contributed by atoms with Crippen molar-refractivity contribution in [1.82, 2.24) is 14.7 Å². The number of anilines is 1. The van der Waals surface area contributed by atoms with Gasteiger partial charge in [-0.05, 0) is 13.3 Å². The predicted octanol–water partition coefficient (Wildman–Crippen LogP) is 0.419. The minimum absolute atomic E-state index is 0.484. The van der Waals surface area contributed by atoms with Crippen LogP contribution >= 0.6 is 0 Å². The molecular formula is C11H18N4O. The van der Waals surface area contributed by atoms with Gasteiger partial charge in [-0.2, -0.15) is 5.10 Å². The van der Waals surface area contributed by atoms with Crippen molar-refractivity contribution < 1.29 is 4.74 Å². The molecule has 2 N–H and O–H groups in total. The molecule has 5 heteroatoms. The Bertz CT molecular complexity index is 385. The molecule has 0 unspecified atom stereocenters. The summed E-state index contributed by atoms with van der Waals surface area (Å²) in [6.45, 7) is 6.06. The highest BCUT2D eigenvalue weighted by Crippen LogP contribution is 2.27. The number of rotatable bonds is 2. The normalized spacial score (nSPS) is 27.2. The molecule has 2 aliphatic rings. The summed E-state index contributed by atoms with van der Waals surface area (Å²) < 4.78 is 7.31. The first-order chi connectivity index (χ1) is 7.75. The molecule has 1 atom stereocenters. The second kappa shape index (κ2) is 3.75. The molecule has 3 heterocycles. The van der Waals surface area contributed by atoms with Gasteiger partial charge in [-0.1, -0.05) is 0 Å². The van der Waals surface area contributed by atoms with Crippen LogP contribution in [0.15, 0.2) is 6.20 Å². The minimum Gasteiger partial charge on any atom is -0.396 e. The summed E-state index contributed by atoms with van der Waals surface area (Å²) in [5, 5.41) is 4.37. The van der Waals surface area contributed by atoms with Crippen molar-refractivity contribution in [2.75, 3.05) is 32.0 Å². The average Bonchev–Trinajstić information content (AvgIpc) is 2.74. The Kier molecular flexibility index (Phi) is 2.37. The Labute approximate surface area is 95.2 Å². The van der Waals surface area contributed by atoms with Crippen molar-refractivity contribution in [3.63, 3.8) is 0 Å². The van der Waals surface area contributed by atoms with Crippen molar-refractivity contribution in [3.8, 4) is 0 Å². The molecule has 2 saturated heterocycles. The van der Waals surface area contributed by atoms with E-state index in [1.54, 1.807) is 6.20 Å². The Hall–Kier alpha value is -1.07. The van der Waals surface area contributed by atoms with E-state index in [9.17, 15) is 0 Å². The molecule has 0 aliphatic carbocycles. The zero-order chi connectivity index (χ0) is 11.1. The number of nitrogen functional groups attached to an aromatic ring is 1. The van der Waals surface area contributed by atoms with Crippen LogP contribution in [0.2, 0.25) is 0 Å². The van der Waals surface area contributed by atoms with Crippen LogP contribution in [0.3, 0.4) is 0 Å². The van der Waals surface area contributed by atoms with E-state index in [0.717, 1.165) is 37.7 Å². The lowest BCUT2D eigenvalue weighted by Gasteiger charge is -2.34. The van der Waals surface area contributed by atoms with Crippen molar-refractivity contribution in [1.29, 1.82) is 0 Å². The molecule has 0 bridgehead atoms. The summed E-state index contributed by atoms with van der Waals surface area (Å²) in [7, 11) is 0. The summed E-state index contributed by atoms with van der Waals surface area (Å²) in [6.07, 6.45) is 2.92. The molecule has 16 heavy (non-hydrogen) atoms. The molecule has 3 rings (SSSR count). The molecule has 0 radical (unpaired) electrons. The molecule has 0 amide bonds. The highest BCUT2D eigenvalue weighted by atomic mass is 16.5. The van der Waals surface area contributed by atoms with E-state index in [0.29, 0.717) is 12.1 Å². The third-order valence-corrected chi connectivity index (χ3v) is 3.76. The Morgan fingerprint density at radius 3 is 2.81 bits per heavy atom. The highest BCUT2D eigenvalue weighted by molar-refractivity contribution is 5.40. The Morgan fingerprint density at radius 1 is 1.44 bits per heavy atom. The molecule has 2 aliphatic heterocycles. The quantitative estimate of drug-likeness (QED) is 0.788. The molecule has 0 saturated carbocycles. The van der Waals surface area contributed by atoms with E-state index in [1.165, 1.54) is 6.42 Å². The second-order valence-corrected chi connectivity index (χ2v) is 4.76. The van der Waals surface area contributed by atoms with Crippen LogP contribution in [-0.2, 0) is 4.74 Å². The summed E-state index contributed by atoms with van der Waals surface area (Å²) >= 11 is 0. The average molecular weight is 222 g/mol. The summed E-state index contributed by atoms with van der Waals surface area (Å²) in [6, 6.07) is 1.12. The number of nitrogens with two attached hydrogens (primary N) is 1. The van der Waals surface area contributed by atoms with Gasteiger partial charge in [0, 0.05) is 13.1 Å². The summed E-state index contributed by atoms with van der Waals surface area (Å²) in [4.78, 5) is 2.51. The lowest BCUT2D eigenvalue weighted by Crippen LogP contribution is -2.47. The van der Waals surface area contributed by atoms with E-state index in [2.05, 4.69) is 14.7 Å². The maximum atomic E-state index is 5.82. The van der Waals surface area contributed by atoms with E-state index < -0.39 is 0 Å². The minimum atomic E-state index is 0.484. The summed E-state index contributed by atoms with van der Waals surface area (Å²) in [5.41, 5.74) is 7.71. The monoisotopic (exact) mass is 222 g/mol. The maximum Gasteiger partial charge on any atom is 0.0730 e. The number of hydrogen-bond donors (Lipinski definition) is 1. The SMILES string of the molecule is Cc1c(N)cnn1[C@@H]1CCN(C2COC2)C1. The van der Waals surface area contributed by atoms with Crippen LogP contribution in [0.4, 0.5) is 5.69 Å². The smallest absolute Gasteiger partial charge is 0.0730 e. The van der Waals surface area contributed by atoms with Gasteiger partial charge in [0.05, 0.1) is 42.9 Å². The number of aromatic nitrogens is 2. The first-order valence-electron chi connectivity index (χ1n) is 5.87. The van der Waals surface area contributed by atoms with Gasteiger partial charge in [-0.15, -0.1) is 0 Å². The van der Waals surface area contributed by atoms with Crippen LogP contribution in [-0.4, -0.2) is 47.0 Å². The molecule has 88 valence electrons. The van der Waals surface area contributed by atoms with Crippen molar-refractivity contribution >= 4 is 5.69 Å². The maximum absolute atomic E-state index is 5.82. The summed E-state index contributed by atoms with van der Waals surface area (Å²) in [5.74, 6) is 0. The fourth-order valence-electron chi connectivity index (χ4n) is 2.54. The van der Waals surface area contributed by atoms with Crippen molar-refractivity contribution in [3.05, 3.63) is 11.9 Å². The molecule has 1 aromatic rings. The lowest BCUT2D eigenvalue weighted by atomic mass is 10.2. The van der Waals surface area contributed by atoms with E-state index in [-0.39, 0.29) is 0 Å². The highest BCUT2D eigenvalue weighted by Gasteiger charge is 2.33. The first-order valence-corrected chi connectivity index (χ1v) is 5.87. The van der Waals surface area contributed by atoms with Crippen LogP contribution in [0.1, 0.15) is 18.2 Å². The van der Waals surface area contributed by atoms with Crippen LogP contribution < -0.4 is 5.73 Å². The number of ether oxygens (including phenoxy) is 1. The molecule has 2 fully saturated rings. The van der Waals surface area contributed by atoms with Crippen LogP contribution in [0.25, 0.3) is 0 Å². The van der Waals surface area contributed by atoms with Gasteiger partial charge < -0.3 is 10.5 Å². The predicted molar refractivity (Wildman–Crippen MR) is 61.2 cm³/mol. The molecule has 5 nitrogen and oxygen atoms in total. The van der Waals surface area contributed by atoms with Gasteiger partial charge >= 0.3 is 0 Å². The topological polar surface area (TPSA) is 56.3 Å². The second-order valence-electron chi connectivity index (χ2n) is 4.76. The third kappa shape index (κ3) is 1.51. The van der Waals surface area contributed by atoms with Crippen molar-refractivity contribution in [2.45, 2.75) is 25.4 Å². The molecule has 1 aromatic heterocycles. The molecular weight excluding hydrogens is 204 g/mol. The number of likely N-dealkylation sites (tertiary alicyclic amines) is 1. The van der Waals surface area contributed by atoms with E-state index in [1.807, 2.05) is 6.92 Å². The zero-order valence-corrected chi connectivity index (χ0v) is 9.59. The Morgan fingerprint density at radius 2 is 2.25 bits per heavy atom. The fourth-order valence-corrected chi connectivity index (χ4v) is 2.54. The van der Waals surface area contributed by atoms with Gasteiger partial charge in [0.25, 0.3) is 0 Å². The van der Waals surface area contributed by atoms with Crippen LogP contribution in [0.5, 0.6) is 0 Å². The van der Waals surface area contributed by atoms with Gasteiger partial charge in [0.15, 0.2) is 0 Å². The van der Waals surface area contributed by atoms with Gasteiger partial charge in [0.2, 0.25) is 0 Å². The van der Waals surface area contributed by atoms with Gasteiger partial charge in [-0.3, -0.25) is 9.58 Å². The Balaban J connectivity index is 1.70. The fraction of sp³-hybridized carbons (Fsp3) is 0.727. The third-order valence-electron chi connectivity index (χ3n) is 3.76. The van der Waals surface area contributed by atoms with E-state index in [4.69, 9.17) is 10.5 Å². The zero-order valence-electron chi connectivity index (χ0n) is 9.59. The van der Waals surface area contributed by atoms with Gasteiger partial charge in [0.1, 0.15) is 0 Å². The molecule has 0 aromatic carbocycles. The van der Waals surface area contributed by atoms with Crippen molar-refractivity contribution in [2.24, 2.45) is 0 Å². The standard InChI is InChI=1S/C11H18N4O/c1-8-11(12)4-13-15(8)9-2-3-14(5-9)10-6-16-7-10/h4,9-10H,2-3,5-7,12H2,1H3/t9-/m1/s1. The van der Waals surface area contributed by atoms with Crippen LogP contribution in [0, 0.1) is 6.92 Å². The number of hydrogen-bond acceptors (Lipinski definition) is 4. The van der Waals surface area contributed by atoms with Gasteiger partial charge in [-0.25, -0.2) is 0 Å².